The van der Waals surface area contributed by atoms with Crippen LogP contribution in [-0.4, -0.2) is 35.4 Å². The second-order valence-corrected chi connectivity index (χ2v) is 6.04. The van der Waals surface area contributed by atoms with Crippen molar-refractivity contribution < 1.29 is 14.3 Å². The van der Waals surface area contributed by atoms with Gasteiger partial charge in [0.15, 0.2) is 0 Å². The normalized spacial score (nSPS) is 11.7. The molecule has 0 radical (unpaired) electrons. The lowest BCUT2D eigenvalue weighted by Gasteiger charge is -2.16. The Morgan fingerprint density at radius 2 is 2.04 bits per heavy atom. The highest BCUT2D eigenvalue weighted by atomic mass is 16.5. The molecule has 0 saturated carbocycles. The van der Waals surface area contributed by atoms with Crippen molar-refractivity contribution in [1.29, 1.82) is 0 Å². The molecule has 2 N–H and O–H groups in total. The summed E-state index contributed by atoms with van der Waals surface area (Å²) in [6.45, 7) is 4.03. The van der Waals surface area contributed by atoms with Crippen molar-refractivity contribution in [2.24, 2.45) is 13.0 Å². The van der Waals surface area contributed by atoms with Gasteiger partial charge in [-0.2, -0.15) is 5.10 Å². The molecule has 0 bridgehead atoms. The molecule has 1 aromatic carbocycles. The summed E-state index contributed by atoms with van der Waals surface area (Å²) in [5.41, 5.74) is 2.96. The number of hydrogen-bond acceptors (Lipinski definition) is 4. The number of rotatable bonds is 6. The molecule has 2 rings (SSSR count). The Labute approximate surface area is 147 Å². The van der Waals surface area contributed by atoms with E-state index in [1.807, 2.05) is 38.1 Å². The summed E-state index contributed by atoms with van der Waals surface area (Å²) in [7, 11) is 3.10. The van der Waals surface area contributed by atoms with E-state index in [1.54, 1.807) is 17.8 Å². The van der Waals surface area contributed by atoms with Gasteiger partial charge in [0.1, 0.15) is 5.82 Å². The maximum atomic E-state index is 12.1. The van der Waals surface area contributed by atoms with Gasteiger partial charge in [0.2, 0.25) is 0 Å². The van der Waals surface area contributed by atoms with Crippen LogP contribution in [0, 0.1) is 19.8 Å². The van der Waals surface area contributed by atoms with Crippen molar-refractivity contribution in [3.05, 3.63) is 47.2 Å². The van der Waals surface area contributed by atoms with Gasteiger partial charge < -0.3 is 10.1 Å². The molecule has 1 unspecified atom stereocenters. The molecule has 0 aliphatic carbocycles. The van der Waals surface area contributed by atoms with Crippen LogP contribution in [0.5, 0.6) is 0 Å². The zero-order chi connectivity index (χ0) is 18.4. The first-order valence-electron chi connectivity index (χ1n) is 8.08. The molecule has 134 valence electrons. The summed E-state index contributed by atoms with van der Waals surface area (Å²) < 4.78 is 6.45. The fourth-order valence-corrected chi connectivity index (χ4v) is 2.63. The van der Waals surface area contributed by atoms with E-state index < -0.39 is 5.92 Å². The van der Waals surface area contributed by atoms with Crippen LogP contribution in [0.25, 0.3) is 0 Å². The molecular formula is C18H24N4O3. The van der Waals surface area contributed by atoms with E-state index in [1.165, 1.54) is 7.11 Å². The molecule has 1 aromatic heterocycles. The van der Waals surface area contributed by atoms with Gasteiger partial charge in [-0.25, -0.2) is 4.79 Å². The van der Waals surface area contributed by atoms with Gasteiger partial charge in [0.05, 0.1) is 18.7 Å². The number of amides is 2. The molecule has 0 saturated heterocycles. The summed E-state index contributed by atoms with van der Waals surface area (Å²) in [4.78, 5) is 24.1. The highest BCUT2D eigenvalue weighted by Crippen LogP contribution is 2.12. The Morgan fingerprint density at radius 3 is 2.64 bits per heavy atom. The minimum atomic E-state index is -0.453. The van der Waals surface area contributed by atoms with Gasteiger partial charge in [0.25, 0.3) is 0 Å². The number of nitrogens with one attached hydrogen (secondary N) is 2. The van der Waals surface area contributed by atoms with Crippen molar-refractivity contribution >= 4 is 17.8 Å². The number of aryl methyl sites for hydroxylation is 3. The smallest absolute Gasteiger partial charge is 0.320 e. The molecule has 25 heavy (non-hydrogen) atoms. The Balaban J connectivity index is 1.96. The zero-order valence-corrected chi connectivity index (χ0v) is 15.0. The minimum Gasteiger partial charge on any atom is -0.469 e. The standard InChI is InChI=1S/C18H24N4O3/c1-12-6-5-7-14(8-12)10-15(17(23)25-4)11-19-18(24)20-16-9-13(2)21-22(16)3/h5-9,15H,10-11H2,1-4H3,(H2,19,20,24). The number of anilines is 1. The largest absolute Gasteiger partial charge is 0.469 e. The van der Waals surface area contributed by atoms with Crippen LogP contribution in [0.1, 0.15) is 16.8 Å². The number of urea groups is 1. The molecule has 1 atom stereocenters. The Morgan fingerprint density at radius 1 is 1.28 bits per heavy atom. The number of aromatic nitrogens is 2. The topological polar surface area (TPSA) is 85.2 Å². The minimum absolute atomic E-state index is 0.184. The van der Waals surface area contributed by atoms with E-state index in [0.717, 1.165) is 16.8 Å². The fraction of sp³-hybridized carbons (Fsp3) is 0.389. The first-order chi connectivity index (χ1) is 11.9. The van der Waals surface area contributed by atoms with Gasteiger partial charge in [0, 0.05) is 19.7 Å². The van der Waals surface area contributed by atoms with E-state index in [-0.39, 0.29) is 18.5 Å². The molecule has 0 aliphatic heterocycles. The molecule has 2 amide bonds. The molecule has 1 heterocycles. The Hall–Kier alpha value is -2.83. The monoisotopic (exact) mass is 344 g/mol. The number of ether oxygens (including phenoxy) is 1. The lowest BCUT2D eigenvalue weighted by Crippen LogP contribution is -2.37. The summed E-state index contributed by atoms with van der Waals surface area (Å²) in [5, 5.41) is 9.61. The van der Waals surface area contributed by atoms with E-state index in [9.17, 15) is 9.59 Å². The summed E-state index contributed by atoms with van der Waals surface area (Å²) >= 11 is 0. The van der Waals surface area contributed by atoms with Crippen molar-refractivity contribution in [2.45, 2.75) is 20.3 Å². The highest BCUT2D eigenvalue weighted by Gasteiger charge is 2.21. The molecule has 0 fully saturated rings. The average molecular weight is 344 g/mol. The van der Waals surface area contributed by atoms with E-state index in [2.05, 4.69) is 15.7 Å². The molecule has 0 aliphatic rings. The summed E-state index contributed by atoms with van der Waals surface area (Å²) in [5.74, 6) is -0.215. The average Bonchev–Trinajstić information content (AvgIpc) is 2.88. The van der Waals surface area contributed by atoms with Crippen molar-refractivity contribution in [2.75, 3.05) is 19.0 Å². The first kappa shape index (κ1) is 18.5. The lowest BCUT2D eigenvalue weighted by molar-refractivity contribution is -0.145. The van der Waals surface area contributed by atoms with Crippen LogP contribution in [-0.2, 0) is 23.0 Å². The predicted molar refractivity (Wildman–Crippen MR) is 95.4 cm³/mol. The maximum Gasteiger partial charge on any atom is 0.320 e. The summed E-state index contributed by atoms with van der Waals surface area (Å²) in [6, 6.07) is 9.31. The number of carbonyl (C=O) groups is 2. The van der Waals surface area contributed by atoms with Gasteiger partial charge in [-0.05, 0) is 25.8 Å². The van der Waals surface area contributed by atoms with Crippen LogP contribution in [0.4, 0.5) is 10.6 Å². The van der Waals surface area contributed by atoms with Gasteiger partial charge in [-0.15, -0.1) is 0 Å². The number of methoxy groups -OCH3 is 1. The second-order valence-electron chi connectivity index (χ2n) is 6.04. The number of carbonyl (C=O) groups excluding carboxylic acids is 2. The van der Waals surface area contributed by atoms with Gasteiger partial charge >= 0.3 is 12.0 Å². The molecular weight excluding hydrogens is 320 g/mol. The van der Waals surface area contributed by atoms with Crippen LogP contribution in [0.2, 0.25) is 0 Å². The summed E-state index contributed by atoms with van der Waals surface area (Å²) in [6.07, 6.45) is 0.499. The van der Waals surface area contributed by atoms with E-state index in [4.69, 9.17) is 4.74 Å². The Kier molecular flexibility index (Phi) is 6.16. The maximum absolute atomic E-state index is 12.1. The van der Waals surface area contributed by atoms with Crippen molar-refractivity contribution in [1.82, 2.24) is 15.1 Å². The van der Waals surface area contributed by atoms with Gasteiger partial charge in [-0.3, -0.25) is 14.8 Å². The van der Waals surface area contributed by atoms with Crippen LogP contribution in [0.3, 0.4) is 0 Å². The van der Waals surface area contributed by atoms with Crippen LogP contribution >= 0.6 is 0 Å². The van der Waals surface area contributed by atoms with Crippen LogP contribution < -0.4 is 10.6 Å². The van der Waals surface area contributed by atoms with Crippen molar-refractivity contribution in [3.63, 3.8) is 0 Å². The molecule has 7 heteroatoms. The van der Waals surface area contributed by atoms with E-state index >= 15 is 0 Å². The SMILES string of the molecule is COC(=O)C(CNC(=O)Nc1cc(C)nn1C)Cc1cccc(C)c1. The fourth-order valence-electron chi connectivity index (χ4n) is 2.63. The third-order valence-corrected chi connectivity index (χ3v) is 3.85. The molecule has 0 spiro atoms. The quantitative estimate of drug-likeness (QED) is 0.787. The zero-order valence-electron chi connectivity index (χ0n) is 15.0. The number of esters is 1. The Bertz CT molecular complexity index is 755. The third-order valence-electron chi connectivity index (χ3n) is 3.85. The van der Waals surface area contributed by atoms with Crippen LogP contribution in [0.15, 0.2) is 30.3 Å². The van der Waals surface area contributed by atoms with Gasteiger partial charge in [-0.1, -0.05) is 29.8 Å². The first-order valence-corrected chi connectivity index (χ1v) is 8.08. The molecule has 2 aromatic rings. The third kappa shape index (κ3) is 5.34. The number of nitrogens with zero attached hydrogens (tertiary/aromatic N) is 2. The van der Waals surface area contributed by atoms with E-state index in [0.29, 0.717) is 12.2 Å². The lowest BCUT2D eigenvalue weighted by atomic mass is 9.98. The molecule has 7 nitrogen and oxygen atoms in total. The predicted octanol–water partition coefficient (Wildman–Crippen LogP) is 2.19. The second kappa shape index (κ2) is 8.32. The number of hydrogen-bond donors (Lipinski definition) is 2. The number of benzene rings is 1. The highest BCUT2D eigenvalue weighted by molar-refractivity contribution is 5.88. The van der Waals surface area contributed by atoms with Crippen molar-refractivity contribution in [3.8, 4) is 0 Å².